The predicted octanol–water partition coefficient (Wildman–Crippen LogP) is 2.19. The first-order chi connectivity index (χ1) is 8.91. The number of aromatic amines is 1. The molecular formula is C12H14ClN3O2S. The average Bonchev–Trinajstić information content (AvgIpc) is 2.79. The molecule has 1 aromatic heterocycles. The molecular weight excluding hydrogens is 286 g/mol. The second kappa shape index (κ2) is 5.32. The zero-order valence-corrected chi connectivity index (χ0v) is 12.2. The maximum Gasteiger partial charge on any atom is 0.260 e. The fourth-order valence-electron chi connectivity index (χ4n) is 1.65. The lowest BCUT2D eigenvalue weighted by Gasteiger charge is -2.16. The van der Waals surface area contributed by atoms with Gasteiger partial charge >= 0.3 is 0 Å². The lowest BCUT2D eigenvalue weighted by Crippen LogP contribution is -2.26. The molecule has 0 bridgehead atoms. The second-order valence-electron chi connectivity index (χ2n) is 4.19. The van der Waals surface area contributed by atoms with Crippen LogP contribution in [0.2, 0.25) is 5.02 Å². The fraction of sp³-hybridized carbons (Fsp3) is 0.250. The standard InChI is InChI=1S/C12H14ClN3O2S/c1-9-14-7-12(15-9)19(17,18)16(2)8-10-5-3-4-6-11(10)13/h3-7H,8H2,1-2H3,(H,14,15). The summed E-state index contributed by atoms with van der Waals surface area (Å²) in [5.41, 5.74) is 0.756. The number of hydrogen-bond acceptors (Lipinski definition) is 3. The van der Waals surface area contributed by atoms with Crippen LogP contribution in [-0.4, -0.2) is 29.7 Å². The Labute approximate surface area is 117 Å². The molecule has 0 spiro atoms. The molecule has 1 heterocycles. The Bertz CT molecular complexity index is 682. The van der Waals surface area contributed by atoms with Crippen molar-refractivity contribution in [3.8, 4) is 0 Å². The van der Waals surface area contributed by atoms with E-state index in [2.05, 4.69) is 9.97 Å². The summed E-state index contributed by atoms with van der Waals surface area (Å²) in [6, 6.07) is 7.16. The van der Waals surface area contributed by atoms with Gasteiger partial charge in [-0.1, -0.05) is 29.8 Å². The molecule has 0 saturated heterocycles. The van der Waals surface area contributed by atoms with Gasteiger partial charge in [-0.15, -0.1) is 0 Å². The highest BCUT2D eigenvalue weighted by molar-refractivity contribution is 7.89. The van der Waals surface area contributed by atoms with Gasteiger partial charge < -0.3 is 4.98 Å². The van der Waals surface area contributed by atoms with Crippen molar-refractivity contribution in [2.75, 3.05) is 7.05 Å². The number of aromatic nitrogens is 2. The summed E-state index contributed by atoms with van der Waals surface area (Å²) in [5.74, 6) is 0.560. The fourth-order valence-corrected chi connectivity index (χ4v) is 2.95. The molecule has 0 unspecified atom stereocenters. The summed E-state index contributed by atoms with van der Waals surface area (Å²) >= 11 is 6.03. The molecule has 0 atom stereocenters. The van der Waals surface area contributed by atoms with Crippen LogP contribution in [0.1, 0.15) is 11.4 Å². The van der Waals surface area contributed by atoms with Gasteiger partial charge in [0.15, 0.2) is 5.03 Å². The third kappa shape index (κ3) is 2.97. The summed E-state index contributed by atoms with van der Waals surface area (Å²) in [7, 11) is -2.07. The van der Waals surface area contributed by atoms with E-state index in [0.29, 0.717) is 10.8 Å². The first-order valence-electron chi connectivity index (χ1n) is 5.62. The topological polar surface area (TPSA) is 66.1 Å². The van der Waals surface area contributed by atoms with E-state index < -0.39 is 10.0 Å². The van der Waals surface area contributed by atoms with Crippen molar-refractivity contribution >= 4 is 21.6 Å². The Hall–Kier alpha value is -1.37. The number of benzene rings is 1. The number of nitrogens with one attached hydrogen (secondary N) is 1. The van der Waals surface area contributed by atoms with Gasteiger partial charge in [0.25, 0.3) is 10.0 Å². The van der Waals surface area contributed by atoms with Gasteiger partial charge in [-0.2, -0.15) is 4.31 Å². The molecule has 2 aromatic rings. The highest BCUT2D eigenvalue weighted by Crippen LogP contribution is 2.20. The van der Waals surface area contributed by atoms with Crippen LogP contribution >= 0.6 is 11.6 Å². The van der Waals surface area contributed by atoms with Gasteiger partial charge in [-0.25, -0.2) is 13.4 Å². The first-order valence-corrected chi connectivity index (χ1v) is 7.44. The third-order valence-electron chi connectivity index (χ3n) is 2.72. The molecule has 1 aromatic carbocycles. The van der Waals surface area contributed by atoms with Gasteiger partial charge in [0, 0.05) is 18.6 Å². The van der Waals surface area contributed by atoms with Crippen LogP contribution in [0.3, 0.4) is 0 Å². The SMILES string of the molecule is Cc1ncc(S(=O)(=O)N(C)Cc2ccccc2Cl)[nH]1. The molecule has 0 aliphatic carbocycles. The number of halogens is 1. The highest BCUT2D eigenvalue weighted by Gasteiger charge is 2.23. The van der Waals surface area contributed by atoms with Gasteiger partial charge in [0.05, 0.1) is 6.20 Å². The molecule has 102 valence electrons. The number of rotatable bonds is 4. The minimum Gasteiger partial charge on any atom is -0.332 e. The van der Waals surface area contributed by atoms with Crippen molar-refractivity contribution in [2.45, 2.75) is 18.5 Å². The third-order valence-corrected chi connectivity index (χ3v) is 4.80. The summed E-state index contributed by atoms with van der Waals surface area (Å²) < 4.78 is 25.8. The lowest BCUT2D eigenvalue weighted by atomic mass is 10.2. The average molecular weight is 300 g/mol. The van der Waals surface area contributed by atoms with E-state index in [1.165, 1.54) is 17.5 Å². The number of sulfonamides is 1. The van der Waals surface area contributed by atoms with E-state index in [1.807, 2.05) is 6.07 Å². The van der Waals surface area contributed by atoms with Crippen LogP contribution in [0, 0.1) is 6.92 Å². The predicted molar refractivity (Wildman–Crippen MR) is 73.4 cm³/mol. The number of aryl methyl sites for hydroxylation is 1. The summed E-state index contributed by atoms with van der Waals surface area (Å²) in [4.78, 5) is 6.63. The van der Waals surface area contributed by atoms with Gasteiger partial charge in [0.1, 0.15) is 5.82 Å². The Morgan fingerprint density at radius 1 is 1.37 bits per heavy atom. The molecule has 7 heteroatoms. The van der Waals surface area contributed by atoms with Crippen molar-refractivity contribution in [1.29, 1.82) is 0 Å². The Kier molecular flexibility index (Phi) is 3.93. The van der Waals surface area contributed by atoms with Crippen molar-refractivity contribution < 1.29 is 8.42 Å². The molecule has 2 rings (SSSR count). The van der Waals surface area contributed by atoms with Crippen LogP contribution in [-0.2, 0) is 16.6 Å². The van der Waals surface area contributed by atoms with Crippen LogP contribution in [0.25, 0.3) is 0 Å². The van der Waals surface area contributed by atoms with Crippen LogP contribution in [0.15, 0.2) is 35.5 Å². The zero-order chi connectivity index (χ0) is 14.0. The summed E-state index contributed by atoms with van der Waals surface area (Å²) in [6.07, 6.45) is 1.31. The van der Waals surface area contributed by atoms with E-state index in [0.717, 1.165) is 5.56 Å². The second-order valence-corrected chi connectivity index (χ2v) is 6.61. The van der Waals surface area contributed by atoms with E-state index in [-0.39, 0.29) is 11.6 Å². The Balaban J connectivity index is 2.25. The first kappa shape index (κ1) is 14.0. The van der Waals surface area contributed by atoms with Crippen LogP contribution in [0.4, 0.5) is 0 Å². The van der Waals surface area contributed by atoms with Crippen molar-refractivity contribution in [2.24, 2.45) is 0 Å². The maximum atomic E-state index is 12.3. The van der Waals surface area contributed by atoms with E-state index in [1.54, 1.807) is 25.1 Å². The van der Waals surface area contributed by atoms with E-state index >= 15 is 0 Å². The molecule has 0 aliphatic heterocycles. The van der Waals surface area contributed by atoms with Crippen LogP contribution < -0.4 is 0 Å². The van der Waals surface area contributed by atoms with Gasteiger partial charge in [0.2, 0.25) is 0 Å². The van der Waals surface area contributed by atoms with Crippen molar-refractivity contribution in [3.63, 3.8) is 0 Å². The maximum absolute atomic E-state index is 12.3. The molecule has 19 heavy (non-hydrogen) atoms. The van der Waals surface area contributed by atoms with Crippen LogP contribution in [0.5, 0.6) is 0 Å². The van der Waals surface area contributed by atoms with E-state index in [4.69, 9.17) is 11.6 Å². The summed E-state index contributed by atoms with van der Waals surface area (Å²) in [5, 5.41) is 0.630. The minimum absolute atomic E-state index is 0.0829. The quantitative estimate of drug-likeness (QED) is 0.941. The molecule has 0 saturated carbocycles. The molecule has 0 amide bonds. The number of imidazole rings is 1. The molecule has 0 fully saturated rings. The Morgan fingerprint density at radius 2 is 2.05 bits per heavy atom. The largest absolute Gasteiger partial charge is 0.332 e. The van der Waals surface area contributed by atoms with Gasteiger partial charge in [-0.3, -0.25) is 0 Å². The zero-order valence-electron chi connectivity index (χ0n) is 10.6. The monoisotopic (exact) mass is 299 g/mol. The van der Waals surface area contributed by atoms with Gasteiger partial charge in [-0.05, 0) is 18.6 Å². The highest BCUT2D eigenvalue weighted by atomic mass is 35.5. The molecule has 1 N–H and O–H groups in total. The van der Waals surface area contributed by atoms with Crippen molar-refractivity contribution in [3.05, 3.63) is 46.9 Å². The molecule has 0 radical (unpaired) electrons. The Morgan fingerprint density at radius 3 is 2.63 bits per heavy atom. The number of H-pyrrole nitrogens is 1. The lowest BCUT2D eigenvalue weighted by molar-refractivity contribution is 0.464. The molecule has 5 nitrogen and oxygen atoms in total. The van der Waals surface area contributed by atoms with E-state index in [9.17, 15) is 8.42 Å². The smallest absolute Gasteiger partial charge is 0.260 e. The molecule has 0 aliphatic rings. The number of nitrogens with zero attached hydrogens (tertiary/aromatic N) is 2. The normalized spacial score (nSPS) is 12.0. The summed E-state index contributed by atoms with van der Waals surface area (Å²) in [6.45, 7) is 1.91. The minimum atomic E-state index is -3.58. The number of hydrogen-bond donors (Lipinski definition) is 1. The van der Waals surface area contributed by atoms with Crippen molar-refractivity contribution in [1.82, 2.24) is 14.3 Å².